The van der Waals surface area contributed by atoms with Gasteiger partial charge >= 0.3 is 0 Å². The number of methoxy groups -OCH3 is 1. The molecule has 1 unspecified atom stereocenters. The first-order valence-corrected chi connectivity index (χ1v) is 8.60. The molecule has 134 valence electrons. The normalized spacial score (nSPS) is 17.3. The zero-order valence-electron chi connectivity index (χ0n) is 14.8. The molecule has 3 aromatic carbocycles. The number of Topliss-reactive ketones (excluding diaryl/α,β-unsaturated/α-hetero) is 1. The minimum Gasteiger partial charge on any atom is -0.508 e. The fourth-order valence-corrected chi connectivity index (χ4v) is 3.16. The Morgan fingerprint density at radius 1 is 1.00 bits per heavy atom. The largest absolute Gasteiger partial charge is 0.508 e. The van der Waals surface area contributed by atoms with Gasteiger partial charge in [-0.1, -0.05) is 42.5 Å². The molecular weight excluding hydrogens is 340 g/mol. The molecule has 0 spiro atoms. The van der Waals surface area contributed by atoms with Crippen LogP contribution in [0.1, 0.15) is 27.6 Å². The number of carbonyl (C=O) groups is 1. The van der Waals surface area contributed by atoms with Crippen LogP contribution in [0.5, 0.6) is 17.2 Å². The van der Waals surface area contributed by atoms with E-state index in [2.05, 4.69) is 0 Å². The lowest BCUT2D eigenvalue weighted by Crippen LogP contribution is -2.23. The van der Waals surface area contributed by atoms with Gasteiger partial charge in [-0.3, -0.25) is 4.79 Å². The van der Waals surface area contributed by atoms with Crippen LogP contribution in [0, 0.1) is 0 Å². The van der Waals surface area contributed by atoms with E-state index < -0.39 is 6.10 Å². The molecule has 0 saturated carbocycles. The standard InChI is InChI=1S/C23H18O4/c1-26-18-10-7-15(8-11-18)13-20-22(25)19-14-17(24)9-12-21(19)27-23(20)16-5-3-2-4-6-16/h2-14,23-24H,1H3. The van der Waals surface area contributed by atoms with Crippen molar-refractivity contribution in [3.63, 3.8) is 0 Å². The van der Waals surface area contributed by atoms with E-state index in [0.717, 1.165) is 16.9 Å². The van der Waals surface area contributed by atoms with Crippen LogP contribution >= 0.6 is 0 Å². The number of ether oxygens (including phenoxy) is 2. The number of ketones is 1. The SMILES string of the molecule is COc1ccc(C=C2C(=O)c3cc(O)ccc3OC2c2ccccc2)cc1. The highest BCUT2D eigenvalue weighted by atomic mass is 16.5. The van der Waals surface area contributed by atoms with Crippen molar-refractivity contribution in [3.8, 4) is 17.2 Å². The summed E-state index contributed by atoms with van der Waals surface area (Å²) >= 11 is 0. The lowest BCUT2D eigenvalue weighted by atomic mass is 9.89. The molecule has 1 aliphatic heterocycles. The second-order valence-electron chi connectivity index (χ2n) is 6.29. The molecule has 1 heterocycles. The van der Waals surface area contributed by atoms with Crippen molar-refractivity contribution in [1.29, 1.82) is 0 Å². The van der Waals surface area contributed by atoms with Gasteiger partial charge in [0.05, 0.1) is 12.7 Å². The summed E-state index contributed by atoms with van der Waals surface area (Å²) in [6.45, 7) is 0. The summed E-state index contributed by atoms with van der Waals surface area (Å²) in [5.41, 5.74) is 2.64. The first kappa shape index (κ1) is 16.9. The molecule has 4 nitrogen and oxygen atoms in total. The smallest absolute Gasteiger partial charge is 0.196 e. The molecular formula is C23H18O4. The van der Waals surface area contributed by atoms with Crippen LogP contribution in [0.15, 0.2) is 78.4 Å². The van der Waals surface area contributed by atoms with Gasteiger partial charge in [-0.05, 0) is 47.5 Å². The van der Waals surface area contributed by atoms with Gasteiger partial charge in [0.25, 0.3) is 0 Å². The van der Waals surface area contributed by atoms with Crippen molar-refractivity contribution < 1.29 is 19.4 Å². The number of aromatic hydroxyl groups is 1. The maximum atomic E-state index is 13.2. The monoisotopic (exact) mass is 358 g/mol. The zero-order chi connectivity index (χ0) is 18.8. The first-order valence-electron chi connectivity index (χ1n) is 8.60. The Labute approximate surface area is 157 Å². The van der Waals surface area contributed by atoms with E-state index >= 15 is 0 Å². The highest BCUT2D eigenvalue weighted by Crippen LogP contribution is 2.40. The van der Waals surface area contributed by atoms with Crippen LogP contribution in [-0.2, 0) is 0 Å². The number of rotatable bonds is 3. The van der Waals surface area contributed by atoms with E-state index in [9.17, 15) is 9.90 Å². The molecule has 3 aromatic rings. The third kappa shape index (κ3) is 3.29. The first-order chi connectivity index (χ1) is 13.2. The molecule has 1 atom stereocenters. The van der Waals surface area contributed by atoms with Crippen molar-refractivity contribution in [2.45, 2.75) is 6.10 Å². The predicted molar refractivity (Wildman–Crippen MR) is 103 cm³/mol. The number of carbonyl (C=O) groups excluding carboxylic acids is 1. The van der Waals surface area contributed by atoms with Gasteiger partial charge in [0.2, 0.25) is 0 Å². The molecule has 0 amide bonds. The number of phenolic OH excluding ortho intramolecular Hbond substituents is 1. The lowest BCUT2D eigenvalue weighted by molar-refractivity contribution is 0.0963. The van der Waals surface area contributed by atoms with Gasteiger partial charge in [0.15, 0.2) is 11.9 Å². The summed E-state index contributed by atoms with van der Waals surface area (Å²) in [6.07, 6.45) is 1.31. The van der Waals surface area contributed by atoms with E-state index in [1.165, 1.54) is 12.1 Å². The third-order valence-corrected chi connectivity index (χ3v) is 4.54. The molecule has 1 aliphatic rings. The Hall–Kier alpha value is -3.53. The molecule has 4 heteroatoms. The second-order valence-corrected chi connectivity index (χ2v) is 6.29. The van der Waals surface area contributed by atoms with Crippen LogP contribution < -0.4 is 9.47 Å². The number of fused-ring (bicyclic) bond motifs is 1. The van der Waals surface area contributed by atoms with Crippen molar-refractivity contribution in [3.05, 3.63) is 95.1 Å². The van der Waals surface area contributed by atoms with Crippen LogP contribution in [-0.4, -0.2) is 18.0 Å². The van der Waals surface area contributed by atoms with Crippen molar-refractivity contribution in [1.82, 2.24) is 0 Å². The maximum Gasteiger partial charge on any atom is 0.196 e. The molecule has 0 bridgehead atoms. The lowest BCUT2D eigenvalue weighted by Gasteiger charge is -2.28. The molecule has 0 aromatic heterocycles. The molecule has 0 saturated heterocycles. The fourth-order valence-electron chi connectivity index (χ4n) is 3.16. The highest BCUT2D eigenvalue weighted by molar-refractivity contribution is 6.14. The van der Waals surface area contributed by atoms with E-state index in [0.29, 0.717) is 16.9 Å². The highest BCUT2D eigenvalue weighted by Gasteiger charge is 2.33. The van der Waals surface area contributed by atoms with Gasteiger partial charge in [-0.25, -0.2) is 0 Å². The van der Waals surface area contributed by atoms with E-state index in [1.54, 1.807) is 13.2 Å². The summed E-state index contributed by atoms with van der Waals surface area (Å²) < 4.78 is 11.3. The maximum absolute atomic E-state index is 13.2. The molecule has 0 fully saturated rings. The number of phenols is 1. The second kappa shape index (κ2) is 7.00. The Morgan fingerprint density at radius 2 is 1.74 bits per heavy atom. The van der Waals surface area contributed by atoms with Gasteiger partial charge in [0.1, 0.15) is 17.2 Å². The summed E-state index contributed by atoms with van der Waals surface area (Å²) in [5.74, 6) is 1.10. The number of benzene rings is 3. The van der Waals surface area contributed by atoms with Crippen LogP contribution in [0.4, 0.5) is 0 Å². The number of hydrogen-bond acceptors (Lipinski definition) is 4. The average molecular weight is 358 g/mol. The van der Waals surface area contributed by atoms with Gasteiger partial charge in [-0.2, -0.15) is 0 Å². The van der Waals surface area contributed by atoms with E-state index in [4.69, 9.17) is 9.47 Å². The average Bonchev–Trinajstić information content (AvgIpc) is 2.71. The topological polar surface area (TPSA) is 55.8 Å². The van der Waals surface area contributed by atoms with E-state index in [1.807, 2.05) is 60.7 Å². The molecule has 1 N–H and O–H groups in total. The third-order valence-electron chi connectivity index (χ3n) is 4.54. The minimum atomic E-state index is -0.516. The van der Waals surface area contributed by atoms with Crippen molar-refractivity contribution >= 4 is 11.9 Å². The van der Waals surface area contributed by atoms with Gasteiger partial charge in [0, 0.05) is 5.57 Å². The predicted octanol–water partition coefficient (Wildman–Crippen LogP) is 4.80. The van der Waals surface area contributed by atoms with Crippen molar-refractivity contribution in [2.24, 2.45) is 0 Å². The number of hydrogen-bond donors (Lipinski definition) is 1. The summed E-state index contributed by atoms with van der Waals surface area (Å²) in [6, 6.07) is 21.7. The minimum absolute atomic E-state index is 0.0349. The molecule has 4 rings (SSSR count). The molecule has 0 aliphatic carbocycles. The van der Waals surface area contributed by atoms with Gasteiger partial charge in [-0.15, -0.1) is 0 Å². The Kier molecular flexibility index (Phi) is 4.38. The van der Waals surface area contributed by atoms with Gasteiger partial charge < -0.3 is 14.6 Å². The molecule has 27 heavy (non-hydrogen) atoms. The summed E-state index contributed by atoms with van der Waals surface area (Å²) in [7, 11) is 1.61. The quantitative estimate of drug-likeness (QED) is 0.683. The Balaban J connectivity index is 1.83. The molecule has 0 radical (unpaired) electrons. The van der Waals surface area contributed by atoms with Crippen LogP contribution in [0.2, 0.25) is 0 Å². The summed E-state index contributed by atoms with van der Waals surface area (Å²) in [4.78, 5) is 13.2. The van der Waals surface area contributed by atoms with Crippen LogP contribution in [0.25, 0.3) is 6.08 Å². The Morgan fingerprint density at radius 3 is 2.44 bits per heavy atom. The Bertz CT molecular complexity index is 1000. The summed E-state index contributed by atoms with van der Waals surface area (Å²) in [5, 5.41) is 9.78. The van der Waals surface area contributed by atoms with Crippen LogP contribution in [0.3, 0.4) is 0 Å². The van der Waals surface area contributed by atoms with Crippen molar-refractivity contribution in [2.75, 3.05) is 7.11 Å². The fraction of sp³-hybridized carbons (Fsp3) is 0.0870. The zero-order valence-corrected chi connectivity index (χ0v) is 14.8. The van der Waals surface area contributed by atoms with E-state index in [-0.39, 0.29) is 11.5 Å².